The molecule has 0 saturated carbocycles. The van der Waals surface area contributed by atoms with E-state index in [9.17, 15) is 18.0 Å². The van der Waals surface area contributed by atoms with E-state index in [1.165, 1.54) is 5.48 Å². The average molecular weight is 433 g/mol. The van der Waals surface area contributed by atoms with Gasteiger partial charge in [-0.3, -0.25) is 14.8 Å². The van der Waals surface area contributed by atoms with Crippen molar-refractivity contribution in [3.05, 3.63) is 59.9 Å². The summed E-state index contributed by atoms with van der Waals surface area (Å²) in [6.07, 6.45) is 3.44. The molecule has 3 aromatic rings. The Bertz CT molecular complexity index is 1170. The second-order valence-corrected chi connectivity index (χ2v) is 9.37. The maximum atomic E-state index is 12.5. The zero-order chi connectivity index (χ0) is 20.6. The summed E-state index contributed by atoms with van der Waals surface area (Å²) in [6, 6.07) is 10.2. The third-order valence-electron chi connectivity index (χ3n) is 4.27. The summed E-state index contributed by atoms with van der Waals surface area (Å²) in [6.45, 7) is -0.486. The van der Waals surface area contributed by atoms with Gasteiger partial charge in [0.2, 0.25) is 0 Å². The summed E-state index contributed by atoms with van der Waals surface area (Å²) in [5.74, 6) is -1.19. The minimum absolute atomic E-state index is 0.00394. The Morgan fingerprint density at radius 3 is 2.62 bits per heavy atom. The highest BCUT2D eigenvalue weighted by molar-refractivity contribution is 7.91. The van der Waals surface area contributed by atoms with Crippen molar-refractivity contribution in [3.63, 3.8) is 0 Å². The number of nitrogens with one attached hydrogen (secondary N) is 2. The van der Waals surface area contributed by atoms with Crippen molar-refractivity contribution in [2.24, 2.45) is 0 Å². The number of nitrogens with zero attached hydrogens (tertiary/aromatic N) is 3. The molecule has 4 rings (SSSR count). The SMILES string of the molecule is O=C(CN1Cc2cc(NC(=O)c3ccc(-n4cccn4)cc3)sc2S1(=O)=O)NO. The summed E-state index contributed by atoms with van der Waals surface area (Å²) in [7, 11) is -3.84. The predicted molar refractivity (Wildman–Crippen MR) is 103 cm³/mol. The van der Waals surface area contributed by atoms with Gasteiger partial charge < -0.3 is 5.32 Å². The number of anilines is 1. The highest BCUT2D eigenvalue weighted by atomic mass is 32.2. The third-order valence-corrected chi connectivity index (χ3v) is 7.71. The van der Waals surface area contributed by atoms with Gasteiger partial charge in [0, 0.05) is 30.1 Å². The van der Waals surface area contributed by atoms with E-state index in [1.54, 1.807) is 53.5 Å². The highest BCUT2D eigenvalue weighted by Gasteiger charge is 2.38. The van der Waals surface area contributed by atoms with Crippen molar-refractivity contribution in [1.82, 2.24) is 19.6 Å². The van der Waals surface area contributed by atoms with Crippen LogP contribution in [0.4, 0.5) is 5.00 Å². The molecule has 0 saturated heterocycles. The van der Waals surface area contributed by atoms with E-state index in [0.29, 0.717) is 16.1 Å². The lowest BCUT2D eigenvalue weighted by Gasteiger charge is -2.12. The van der Waals surface area contributed by atoms with Gasteiger partial charge in [-0.25, -0.2) is 18.6 Å². The Balaban J connectivity index is 1.47. The van der Waals surface area contributed by atoms with Gasteiger partial charge in [0.25, 0.3) is 21.8 Å². The molecule has 0 bridgehead atoms. The Morgan fingerprint density at radius 1 is 1.24 bits per heavy atom. The van der Waals surface area contributed by atoms with E-state index in [0.717, 1.165) is 21.3 Å². The lowest BCUT2D eigenvalue weighted by Crippen LogP contribution is -2.36. The first-order valence-corrected chi connectivity index (χ1v) is 10.6. The average Bonchev–Trinajstić information content (AvgIpc) is 3.41. The van der Waals surface area contributed by atoms with Crippen LogP contribution in [-0.2, 0) is 21.4 Å². The first-order valence-electron chi connectivity index (χ1n) is 8.36. The number of sulfonamides is 1. The van der Waals surface area contributed by atoms with Crippen LogP contribution in [-0.4, -0.2) is 46.1 Å². The molecular formula is C17H15N5O5S2. The van der Waals surface area contributed by atoms with E-state index in [-0.39, 0.29) is 16.7 Å². The van der Waals surface area contributed by atoms with Crippen molar-refractivity contribution < 1.29 is 23.2 Å². The largest absolute Gasteiger partial charge is 0.314 e. The summed E-state index contributed by atoms with van der Waals surface area (Å²) in [4.78, 5) is 23.8. The van der Waals surface area contributed by atoms with Crippen LogP contribution in [0.5, 0.6) is 0 Å². The van der Waals surface area contributed by atoms with Crippen LogP contribution in [0.2, 0.25) is 0 Å². The van der Waals surface area contributed by atoms with Crippen LogP contribution >= 0.6 is 11.3 Å². The van der Waals surface area contributed by atoms with Gasteiger partial charge in [-0.15, -0.1) is 11.3 Å². The normalized spacial score (nSPS) is 15.1. The summed E-state index contributed by atoms with van der Waals surface area (Å²) >= 11 is 0.922. The Hall–Kier alpha value is -3.06. The van der Waals surface area contributed by atoms with E-state index in [4.69, 9.17) is 5.21 Å². The molecule has 0 aliphatic carbocycles. The zero-order valence-electron chi connectivity index (χ0n) is 14.8. The number of carbonyl (C=O) groups is 2. The van der Waals surface area contributed by atoms with E-state index in [1.807, 2.05) is 0 Å². The molecule has 3 N–H and O–H groups in total. The molecule has 29 heavy (non-hydrogen) atoms. The number of fused-ring (bicyclic) bond motifs is 1. The van der Waals surface area contributed by atoms with Gasteiger partial charge in [-0.2, -0.15) is 9.40 Å². The molecule has 2 amide bonds. The third kappa shape index (κ3) is 3.65. The lowest BCUT2D eigenvalue weighted by molar-refractivity contribution is -0.129. The van der Waals surface area contributed by atoms with Crippen LogP contribution in [0, 0.1) is 0 Å². The summed E-state index contributed by atoms with van der Waals surface area (Å²) in [5.41, 5.74) is 3.12. The van der Waals surface area contributed by atoms with Gasteiger partial charge in [0.15, 0.2) is 0 Å². The minimum Gasteiger partial charge on any atom is -0.314 e. The first kappa shape index (κ1) is 19.3. The Morgan fingerprint density at radius 2 is 2.00 bits per heavy atom. The van der Waals surface area contributed by atoms with Crippen LogP contribution in [0.3, 0.4) is 0 Å². The van der Waals surface area contributed by atoms with E-state index >= 15 is 0 Å². The fourth-order valence-corrected chi connectivity index (χ4v) is 5.99. The molecule has 0 unspecified atom stereocenters. The fraction of sp³-hybridized carbons (Fsp3) is 0.118. The Labute approximate surface area is 169 Å². The topological polar surface area (TPSA) is 134 Å². The molecule has 12 heteroatoms. The van der Waals surface area contributed by atoms with Crippen molar-refractivity contribution in [2.45, 2.75) is 10.8 Å². The zero-order valence-corrected chi connectivity index (χ0v) is 16.4. The number of thiophene rings is 1. The molecule has 10 nitrogen and oxygen atoms in total. The van der Waals surface area contributed by atoms with Crippen LogP contribution in [0.15, 0.2) is 53.0 Å². The number of aromatic nitrogens is 2. The molecule has 3 heterocycles. The van der Waals surface area contributed by atoms with E-state index < -0.39 is 22.5 Å². The van der Waals surface area contributed by atoms with Gasteiger partial charge in [0.05, 0.1) is 17.2 Å². The fourth-order valence-electron chi connectivity index (χ4n) is 2.90. The highest BCUT2D eigenvalue weighted by Crippen LogP contribution is 2.39. The molecule has 0 radical (unpaired) electrons. The monoisotopic (exact) mass is 433 g/mol. The van der Waals surface area contributed by atoms with Crippen LogP contribution in [0.25, 0.3) is 5.69 Å². The van der Waals surface area contributed by atoms with Gasteiger partial charge >= 0.3 is 0 Å². The number of amides is 2. The minimum atomic E-state index is -3.84. The molecule has 0 spiro atoms. The van der Waals surface area contributed by atoms with Gasteiger partial charge in [0.1, 0.15) is 4.21 Å². The van der Waals surface area contributed by atoms with E-state index in [2.05, 4.69) is 10.4 Å². The quantitative estimate of drug-likeness (QED) is 0.409. The van der Waals surface area contributed by atoms with Crippen molar-refractivity contribution in [2.75, 3.05) is 11.9 Å². The molecule has 150 valence electrons. The number of hydrogen-bond donors (Lipinski definition) is 3. The second-order valence-electron chi connectivity index (χ2n) is 6.18. The van der Waals surface area contributed by atoms with Crippen molar-refractivity contribution >= 4 is 38.2 Å². The summed E-state index contributed by atoms with van der Waals surface area (Å²) in [5, 5.41) is 15.8. The predicted octanol–water partition coefficient (Wildman–Crippen LogP) is 1.20. The number of carbonyl (C=O) groups excluding carboxylic acids is 2. The molecular weight excluding hydrogens is 418 g/mol. The standard InChI is InChI=1S/C17H15N5O5S2/c23-14(20-25)10-21-9-12-8-15(28-17(12)29(21,26)27)19-16(24)11-2-4-13(5-3-11)22-7-1-6-18-22/h1-8,25H,9-10H2,(H,19,24)(H,20,23). The second kappa shape index (κ2) is 7.40. The molecule has 2 aromatic heterocycles. The summed E-state index contributed by atoms with van der Waals surface area (Å²) < 4.78 is 27.7. The molecule has 0 atom stereocenters. The number of hydroxylamine groups is 1. The maximum absolute atomic E-state index is 12.5. The molecule has 0 fully saturated rings. The lowest BCUT2D eigenvalue weighted by atomic mass is 10.2. The van der Waals surface area contributed by atoms with Crippen LogP contribution < -0.4 is 10.8 Å². The Kier molecular flexibility index (Phi) is 4.92. The smallest absolute Gasteiger partial charge is 0.258 e. The molecule has 1 aliphatic heterocycles. The van der Waals surface area contributed by atoms with Gasteiger partial charge in [-0.05, 0) is 36.4 Å². The molecule has 1 aromatic carbocycles. The van der Waals surface area contributed by atoms with Crippen molar-refractivity contribution in [3.8, 4) is 5.69 Å². The van der Waals surface area contributed by atoms with Crippen LogP contribution in [0.1, 0.15) is 15.9 Å². The van der Waals surface area contributed by atoms with Gasteiger partial charge in [-0.1, -0.05) is 0 Å². The number of hydrogen-bond acceptors (Lipinski definition) is 7. The van der Waals surface area contributed by atoms with Crippen molar-refractivity contribution in [1.29, 1.82) is 0 Å². The first-order chi connectivity index (χ1) is 13.9. The molecule has 1 aliphatic rings. The number of benzene rings is 1. The maximum Gasteiger partial charge on any atom is 0.258 e. The number of rotatable bonds is 5.